The van der Waals surface area contributed by atoms with E-state index in [1.54, 1.807) is 12.1 Å². The maximum absolute atomic E-state index is 10.9. The number of rotatable bonds is 0. The van der Waals surface area contributed by atoms with E-state index in [1.807, 2.05) is 0 Å². The van der Waals surface area contributed by atoms with Crippen LogP contribution in [0.2, 0.25) is 0 Å². The molecule has 1 aromatic heterocycles. The van der Waals surface area contributed by atoms with Crippen molar-refractivity contribution < 1.29 is 9.90 Å². The standard InChI is InChI=1S/C7H4N2O2/c10-5-4-2-1-3-8-6(4)9-7(5)11/h1-3H,(H,8,9,10,11)/p-1. The van der Waals surface area contributed by atoms with Gasteiger partial charge in [0.1, 0.15) is 0 Å². The normalized spacial score (nSPS) is 14.5. The minimum absolute atomic E-state index is 0.238. The van der Waals surface area contributed by atoms with Crippen molar-refractivity contribution in [3.05, 3.63) is 23.9 Å². The molecule has 0 N–H and O–H groups in total. The summed E-state index contributed by atoms with van der Waals surface area (Å²) < 4.78 is 0. The molecule has 0 aromatic carbocycles. The van der Waals surface area contributed by atoms with Crippen molar-refractivity contribution in [3.63, 3.8) is 0 Å². The second-order valence-corrected chi connectivity index (χ2v) is 2.12. The van der Waals surface area contributed by atoms with Crippen molar-refractivity contribution in [1.29, 1.82) is 0 Å². The molecule has 1 aliphatic rings. The Morgan fingerprint density at radius 3 is 3.00 bits per heavy atom. The molecule has 2 rings (SSSR count). The third kappa shape index (κ3) is 0.724. The number of aliphatic imine (C=N–C) groups is 1. The van der Waals surface area contributed by atoms with E-state index in [0.29, 0.717) is 5.56 Å². The monoisotopic (exact) mass is 147 g/mol. The minimum Gasteiger partial charge on any atom is -0.856 e. The third-order valence-electron chi connectivity index (χ3n) is 1.43. The number of nitrogens with zero attached hydrogens (tertiary/aromatic N) is 2. The van der Waals surface area contributed by atoms with E-state index in [-0.39, 0.29) is 5.82 Å². The summed E-state index contributed by atoms with van der Waals surface area (Å²) in [6.45, 7) is 0. The van der Waals surface area contributed by atoms with E-state index in [1.165, 1.54) is 6.20 Å². The molecule has 0 saturated heterocycles. The van der Waals surface area contributed by atoms with Gasteiger partial charge in [0.25, 0.3) is 0 Å². The lowest BCUT2D eigenvalue weighted by Crippen LogP contribution is -2.24. The smallest absolute Gasteiger partial charge is 0.200 e. The average Bonchev–Trinajstić information content (AvgIpc) is 2.30. The molecular formula is C7H3N2O2-. The van der Waals surface area contributed by atoms with Crippen LogP contribution in [0.15, 0.2) is 23.3 Å². The van der Waals surface area contributed by atoms with Crippen molar-refractivity contribution in [2.24, 2.45) is 4.99 Å². The quantitative estimate of drug-likeness (QED) is 0.504. The van der Waals surface area contributed by atoms with E-state index in [0.717, 1.165) is 0 Å². The molecule has 0 unspecified atom stereocenters. The van der Waals surface area contributed by atoms with Crippen LogP contribution < -0.4 is 5.11 Å². The lowest BCUT2D eigenvalue weighted by molar-refractivity contribution is -0.210. The van der Waals surface area contributed by atoms with Gasteiger partial charge in [-0.3, -0.25) is 4.79 Å². The van der Waals surface area contributed by atoms with Gasteiger partial charge in [-0.15, -0.1) is 0 Å². The number of fused-ring (bicyclic) bond motifs is 1. The maximum Gasteiger partial charge on any atom is 0.200 e. The Balaban J connectivity index is 2.67. The van der Waals surface area contributed by atoms with Crippen molar-refractivity contribution in [2.75, 3.05) is 0 Å². The molecule has 0 radical (unpaired) electrons. The van der Waals surface area contributed by atoms with E-state index in [9.17, 15) is 9.90 Å². The number of Topliss-reactive ketones (excluding diaryl/α,β-unsaturated/α-hetero) is 1. The SMILES string of the molecule is O=C1C([O-])=Nc2ncccc21. The summed E-state index contributed by atoms with van der Waals surface area (Å²) >= 11 is 0. The van der Waals surface area contributed by atoms with Gasteiger partial charge in [-0.05, 0) is 12.1 Å². The Morgan fingerprint density at radius 1 is 1.45 bits per heavy atom. The van der Waals surface area contributed by atoms with E-state index in [4.69, 9.17) is 0 Å². The molecule has 1 aromatic rings. The van der Waals surface area contributed by atoms with Gasteiger partial charge in [0.15, 0.2) is 11.6 Å². The highest BCUT2D eigenvalue weighted by molar-refractivity contribution is 6.45. The average molecular weight is 147 g/mol. The first-order valence-electron chi connectivity index (χ1n) is 3.04. The molecule has 0 atom stereocenters. The molecule has 1 aliphatic heterocycles. The largest absolute Gasteiger partial charge is 0.856 e. The lowest BCUT2D eigenvalue weighted by Gasteiger charge is -1.96. The molecule has 2 heterocycles. The fourth-order valence-electron chi connectivity index (χ4n) is 0.925. The van der Waals surface area contributed by atoms with Gasteiger partial charge in [0.05, 0.1) is 5.56 Å². The number of pyridine rings is 1. The van der Waals surface area contributed by atoms with Gasteiger partial charge in [0.2, 0.25) is 0 Å². The van der Waals surface area contributed by atoms with Gasteiger partial charge < -0.3 is 5.11 Å². The van der Waals surface area contributed by atoms with E-state index in [2.05, 4.69) is 9.98 Å². The Bertz CT molecular complexity index is 357. The number of aromatic nitrogens is 1. The molecule has 0 bridgehead atoms. The number of carbonyl (C=O) groups excluding carboxylic acids is 1. The highest BCUT2D eigenvalue weighted by Crippen LogP contribution is 2.20. The highest BCUT2D eigenvalue weighted by Gasteiger charge is 2.17. The topological polar surface area (TPSA) is 65.4 Å². The van der Waals surface area contributed by atoms with Crippen LogP contribution in [0.1, 0.15) is 10.4 Å². The predicted molar refractivity (Wildman–Crippen MR) is 35.7 cm³/mol. The van der Waals surface area contributed by atoms with Crippen molar-refractivity contribution in [1.82, 2.24) is 4.98 Å². The summed E-state index contributed by atoms with van der Waals surface area (Å²) in [5.74, 6) is -1.05. The van der Waals surface area contributed by atoms with Crippen LogP contribution >= 0.6 is 0 Å². The number of hydrogen-bond acceptors (Lipinski definition) is 4. The van der Waals surface area contributed by atoms with Gasteiger partial charge >= 0.3 is 0 Å². The molecule has 0 fully saturated rings. The fourth-order valence-corrected chi connectivity index (χ4v) is 0.925. The number of ketones is 1. The van der Waals surface area contributed by atoms with Gasteiger partial charge in [-0.25, -0.2) is 9.98 Å². The molecule has 0 saturated carbocycles. The Kier molecular flexibility index (Phi) is 1.03. The fraction of sp³-hybridized carbons (Fsp3) is 0. The molecule has 0 aliphatic carbocycles. The highest BCUT2D eigenvalue weighted by atomic mass is 16.3. The van der Waals surface area contributed by atoms with E-state index >= 15 is 0 Å². The zero-order valence-corrected chi connectivity index (χ0v) is 5.44. The van der Waals surface area contributed by atoms with Gasteiger partial charge in [0, 0.05) is 12.1 Å². The van der Waals surface area contributed by atoms with E-state index < -0.39 is 11.7 Å². The lowest BCUT2D eigenvalue weighted by atomic mass is 10.2. The van der Waals surface area contributed by atoms with Crippen LogP contribution in [0, 0.1) is 0 Å². The summed E-state index contributed by atoms with van der Waals surface area (Å²) in [6.07, 6.45) is 1.49. The molecule has 54 valence electrons. The first kappa shape index (κ1) is 6.03. The molecule has 0 amide bonds. The third-order valence-corrected chi connectivity index (χ3v) is 1.43. The summed E-state index contributed by atoms with van der Waals surface area (Å²) in [5, 5.41) is 10.7. The summed E-state index contributed by atoms with van der Waals surface area (Å²) in [5.41, 5.74) is 0.303. The van der Waals surface area contributed by atoms with Crippen molar-refractivity contribution >= 4 is 17.5 Å². The zero-order valence-electron chi connectivity index (χ0n) is 5.44. The van der Waals surface area contributed by atoms with Crippen LogP contribution in [0.4, 0.5) is 5.82 Å². The maximum atomic E-state index is 10.9. The Labute approximate surface area is 62.2 Å². The Hall–Kier alpha value is -1.71. The molecular weight excluding hydrogens is 144 g/mol. The van der Waals surface area contributed by atoms with Crippen LogP contribution in [0.3, 0.4) is 0 Å². The summed E-state index contributed by atoms with van der Waals surface area (Å²) in [6, 6.07) is 3.14. The predicted octanol–water partition coefficient (Wildman–Crippen LogP) is -0.332. The first-order chi connectivity index (χ1) is 5.29. The second-order valence-electron chi connectivity index (χ2n) is 2.12. The summed E-state index contributed by atoms with van der Waals surface area (Å²) in [7, 11) is 0. The molecule has 4 nitrogen and oxygen atoms in total. The van der Waals surface area contributed by atoms with Gasteiger partial charge in [-0.1, -0.05) is 0 Å². The van der Waals surface area contributed by atoms with Gasteiger partial charge in [-0.2, -0.15) is 0 Å². The zero-order chi connectivity index (χ0) is 7.84. The van der Waals surface area contributed by atoms with Crippen molar-refractivity contribution in [2.45, 2.75) is 0 Å². The second kappa shape index (κ2) is 1.88. The molecule has 4 heteroatoms. The minimum atomic E-state index is -0.723. The van der Waals surface area contributed by atoms with Crippen LogP contribution in [0.5, 0.6) is 0 Å². The number of carbonyl (C=O) groups is 1. The summed E-state index contributed by atoms with van der Waals surface area (Å²) in [4.78, 5) is 18.1. The van der Waals surface area contributed by atoms with Crippen molar-refractivity contribution in [3.8, 4) is 0 Å². The molecule has 11 heavy (non-hydrogen) atoms. The van der Waals surface area contributed by atoms with Crippen LogP contribution in [0.25, 0.3) is 0 Å². The Morgan fingerprint density at radius 2 is 2.27 bits per heavy atom. The number of hydrogen-bond donors (Lipinski definition) is 0. The van der Waals surface area contributed by atoms with Crippen LogP contribution in [-0.2, 0) is 0 Å². The first-order valence-corrected chi connectivity index (χ1v) is 3.04. The van der Waals surface area contributed by atoms with Crippen LogP contribution in [-0.4, -0.2) is 16.7 Å². The molecule has 0 spiro atoms.